The van der Waals surface area contributed by atoms with E-state index in [0.29, 0.717) is 30.3 Å². The molecule has 182 valence electrons. The first kappa shape index (κ1) is 24.0. The lowest BCUT2D eigenvalue weighted by Crippen LogP contribution is -2.41. The highest BCUT2D eigenvalue weighted by Gasteiger charge is 2.46. The maximum Gasteiger partial charge on any atom is 0.226 e. The first-order valence-electron chi connectivity index (χ1n) is 12.5. The van der Waals surface area contributed by atoms with Gasteiger partial charge in [0.1, 0.15) is 19.2 Å². The fraction of sp³-hybridized carbons (Fsp3) is 0.357. The molecule has 8 heteroatoms. The van der Waals surface area contributed by atoms with Crippen molar-refractivity contribution < 1.29 is 4.79 Å². The second-order valence-corrected chi connectivity index (χ2v) is 9.70. The van der Waals surface area contributed by atoms with Gasteiger partial charge in [-0.25, -0.2) is 4.98 Å². The molecule has 7 nitrogen and oxygen atoms in total. The first-order chi connectivity index (χ1) is 17.5. The van der Waals surface area contributed by atoms with Crippen molar-refractivity contribution in [1.82, 2.24) is 19.4 Å². The van der Waals surface area contributed by atoms with Crippen molar-refractivity contribution in [3.8, 4) is 0 Å². The minimum absolute atomic E-state index is 0.0871. The highest BCUT2D eigenvalue weighted by atomic mass is 16.2. The molecule has 3 aromatic rings. The van der Waals surface area contributed by atoms with Gasteiger partial charge in [-0.05, 0) is 54.0 Å². The summed E-state index contributed by atoms with van der Waals surface area (Å²) in [7, 11) is 8.09. The van der Waals surface area contributed by atoms with Gasteiger partial charge < -0.3 is 15.2 Å². The van der Waals surface area contributed by atoms with E-state index in [9.17, 15) is 4.79 Å². The van der Waals surface area contributed by atoms with Crippen molar-refractivity contribution in [3.63, 3.8) is 0 Å². The Morgan fingerprint density at radius 2 is 2.08 bits per heavy atom. The van der Waals surface area contributed by atoms with Gasteiger partial charge in [-0.15, -0.1) is 0 Å². The summed E-state index contributed by atoms with van der Waals surface area (Å²) in [5.74, 6) is 1.39. The molecule has 1 aliphatic carbocycles. The van der Waals surface area contributed by atoms with Crippen molar-refractivity contribution in [2.24, 2.45) is 23.7 Å². The van der Waals surface area contributed by atoms with E-state index in [2.05, 4.69) is 17.1 Å². The molecule has 36 heavy (non-hydrogen) atoms. The maximum absolute atomic E-state index is 13.4. The second kappa shape index (κ2) is 10.5. The lowest BCUT2D eigenvalue weighted by molar-refractivity contribution is -0.133. The molecule has 2 N–H and O–H groups in total. The standard InChI is InChI=1S/C28H31BN6O/c1-34-26(32-17-19-7-5-11-31-16-19)14-25(33-27(34)24(29)15-30)21-10-6-12-35(18-21)28(36)23-13-22(23)20-8-3-2-4-9-20/h2-5,7-9,11,14-16,21-23H,6,10,12-13,17-18,30H2,1H3/t21?,22-,23+/m0/s1. The Bertz CT molecular complexity index is 1320. The zero-order valence-corrected chi connectivity index (χ0v) is 20.6. The summed E-state index contributed by atoms with van der Waals surface area (Å²) in [6.45, 7) is 1.95. The molecule has 3 heterocycles. The first-order valence-corrected chi connectivity index (χ1v) is 12.5. The highest BCUT2D eigenvalue weighted by Crippen LogP contribution is 2.48. The Labute approximate surface area is 213 Å². The van der Waals surface area contributed by atoms with Crippen LogP contribution in [0.1, 0.15) is 53.7 Å². The summed E-state index contributed by atoms with van der Waals surface area (Å²) in [6, 6.07) is 16.3. The normalized spacial score (nSPS) is 22.5. The number of aromatic nitrogens is 3. The SMILES string of the molecule is [B]C(=CN)c1nc(C2CCCN(C(=O)[C@@H]3C[C@H]3c3ccccc3)C2)cc(=NCc2cccnc2)n1C. The van der Waals surface area contributed by atoms with Gasteiger partial charge in [0.15, 0.2) is 0 Å². The van der Waals surface area contributed by atoms with Gasteiger partial charge in [0, 0.05) is 50.4 Å². The van der Waals surface area contributed by atoms with Gasteiger partial charge in [0.2, 0.25) is 5.91 Å². The van der Waals surface area contributed by atoms with Crippen molar-refractivity contribution in [1.29, 1.82) is 0 Å². The van der Waals surface area contributed by atoms with E-state index in [1.165, 1.54) is 11.8 Å². The summed E-state index contributed by atoms with van der Waals surface area (Å²) in [5, 5.41) is 0. The predicted molar refractivity (Wildman–Crippen MR) is 140 cm³/mol. The third-order valence-electron chi connectivity index (χ3n) is 7.24. The number of carbonyl (C=O) groups is 1. The molecule has 1 saturated heterocycles. The van der Waals surface area contributed by atoms with E-state index in [-0.39, 0.29) is 17.7 Å². The smallest absolute Gasteiger partial charge is 0.226 e. The predicted octanol–water partition coefficient (Wildman–Crippen LogP) is 2.85. The number of pyridine rings is 1. The Morgan fingerprint density at radius 1 is 1.25 bits per heavy atom. The van der Waals surface area contributed by atoms with Crippen LogP contribution in [0.15, 0.2) is 72.1 Å². The van der Waals surface area contributed by atoms with Gasteiger partial charge in [-0.2, -0.15) is 0 Å². The summed E-state index contributed by atoms with van der Waals surface area (Å²) in [6.07, 6.45) is 7.77. The zero-order valence-electron chi connectivity index (χ0n) is 20.6. The molecule has 1 saturated carbocycles. The molecule has 2 radical (unpaired) electrons. The molecule has 2 aromatic heterocycles. The van der Waals surface area contributed by atoms with E-state index in [1.54, 1.807) is 6.20 Å². The fourth-order valence-corrected chi connectivity index (χ4v) is 5.11. The minimum atomic E-state index is 0.0871. The Balaban J connectivity index is 1.38. The number of hydrogen-bond acceptors (Lipinski definition) is 5. The van der Waals surface area contributed by atoms with Crippen molar-refractivity contribution in [2.75, 3.05) is 13.1 Å². The van der Waals surface area contributed by atoms with Crippen LogP contribution in [-0.2, 0) is 18.4 Å². The van der Waals surface area contributed by atoms with Crippen LogP contribution in [-0.4, -0.2) is 46.3 Å². The summed E-state index contributed by atoms with van der Waals surface area (Å²) < 4.78 is 1.86. The molecule has 1 amide bonds. The molecule has 1 aromatic carbocycles. The highest BCUT2D eigenvalue weighted by molar-refractivity contribution is 6.41. The van der Waals surface area contributed by atoms with Crippen molar-refractivity contribution >= 4 is 19.2 Å². The number of piperidine rings is 1. The third-order valence-corrected chi connectivity index (χ3v) is 7.24. The van der Waals surface area contributed by atoms with Crippen molar-refractivity contribution in [3.05, 3.63) is 95.3 Å². The Kier molecular flexibility index (Phi) is 7.03. The molecule has 1 unspecified atom stereocenters. The summed E-state index contributed by atoms with van der Waals surface area (Å²) >= 11 is 0. The lowest BCUT2D eigenvalue weighted by Gasteiger charge is -2.33. The number of benzene rings is 1. The van der Waals surface area contributed by atoms with Crippen molar-refractivity contribution in [2.45, 2.75) is 37.6 Å². The van der Waals surface area contributed by atoms with E-state index >= 15 is 0 Å². The molecule has 0 spiro atoms. The number of amides is 1. The Hall–Kier alpha value is -3.68. The van der Waals surface area contributed by atoms with E-state index in [1.807, 2.05) is 59.1 Å². The van der Waals surface area contributed by atoms with Crippen LogP contribution in [0.5, 0.6) is 0 Å². The van der Waals surface area contributed by atoms with Gasteiger partial charge in [0.25, 0.3) is 0 Å². The van der Waals surface area contributed by atoms with Gasteiger partial charge in [0.05, 0.1) is 12.2 Å². The molecular weight excluding hydrogens is 447 g/mol. The maximum atomic E-state index is 13.4. The molecular formula is C28H31BN6O. The molecule has 3 atom stereocenters. The van der Waals surface area contributed by atoms with Crippen LogP contribution in [0.3, 0.4) is 0 Å². The molecule has 0 bridgehead atoms. The second-order valence-electron chi connectivity index (χ2n) is 9.70. The Morgan fingerprint density at radius 3 is 2.83 bits per heavy atom. The molecule has 2 aliphatic rings. The zero-order chi connectivity index (χ0) is 25.1. The van der Waals surface area contributed by atoms with Crippen LogP contribution in [0.2, 0.25) is 0 Å². The lowest BCUT2D eigenvalue weighted by atomic mass is 9.92. The number of nitrogens with two attached hydrogens (primary N) is 1. The monoisotopic (exact) mass is 478 g/mol. The van der Waals surface area contributed by atoms with Crippen LogP contribution in [0, 0.1) is 5.92 Å². The van der Waals surface area contributed by atoms with Gasteiger partial charge in [-0.3, -0.25) is 14.8 Å². The summed E-state index contributed by atoms with van der Waals surface area (Å²) in [4.78, 5) is 29.3. The van der Waals surface area contributed by atoms with Crippen LogP contribution in [0.25, 0.3) is 5.47 Å². The minimum Gasteiger partial charge on any atom is -0.405 e. The largest absolute Gasteiger partial charge is 0.405 e. The number of likely N-dealkylation sites (tertiary alicyclic amines) is 1. The summed E-state index contributed by atoms with van der Waals surface area (Å²) in [5.41, 5.74) is 10.1. The number of rotatable bonds is 6. The van der Waals surface area contributed by atoms with E-state index < -0.39 is 0 Å². The average Bonchev–Trinajstić information content (AvgIpc) is 3.74. The topological polar surface area (TPSA) is 89.4 Å². The van der Waals surface area contributed by atoms with Gasteiger partial charge >= 0.3 is 0 Å². The van der Waals surface area contributed by atoms with E-state index in [4.69, 9.17) is 23.6 Å². The quantitative estimate of drug-likeness (QED) is 0.552. The van der Waals surface area contributed by atoms with Crippen LogP contribution < -0.4 is 11.2 Å². The number of carbonyl (C=O) groups excluding carboxylic acids is 1. The fourth-order valence-electron chi connectivity index (χ4n) is 5.11. The van der Waals surface area contributed by atoms with E-state index in [0.717, 1.165) is 42.6 Å². The van der Waals surface area contributed by atoms with Crippen LogP contribution in [0.4, 0.5) is 0 Å². The third kappa shape index (κ3) is 5.13. The molecule has 1 aliphatic heterocycles. The average molecular weight is 478 g/mol. The molecule has 5 rings (SSSR count). The number of nitrogens with zero attached hydrogens (tertiary/aromatic N) is 5. The van der Waals surface area contributed by atoms with Gasteiger partial charge in [-0.1, -0.05) is 36.4 Å². The number of hydrogen-bond donors (Lipinski definition) is 1. The van der Waals surface area contributed by atoms with Crippen LogP contribution >= 0.6 is 0 Å². The molecule has 2 fully saturated rings.